The third-order valence-electron chi connectivity index (χ3n) is 1.47. The van der Waals surface area contributed by atoms with Crippen molar-refractivity contribution >= 4 is 6.02 Å². The number of likely N-dealkylation sites (N-methyl/N-ethyl adjacent to an activating group) is 1. The first kappa shape index (κ1) is 7.34. The second-order valence-electron chi connectivity index (χ2n) is 2.31. The summed E-state index contributed by atoms with van der Waals surface area (Å²) < 4.78 is 5.20. The highest BCUT2D eigenvalue weighted by atomic mass is 16.5. The van der Waals surface area contributed by atoms with E-state index in [1.807, 2.05) is 11.9 Å². The van der Waals surface area contributed by atoms with Crippen LogP contribution < -0.4 is 0 Å². The molecule has 0 aromatic heterocycles. The Bertz CT molecular complexity index is 147. The molecule has 1 saturated heterocycles. The molecule has 1 atom stereocenters. The van der Waals surface area contributed by atoms with Gasteiger partial charge in [-0.2, -0.15) is 0 Å². The maximum Gasteiger partial charge on any atom is 0.287 e. The van der Waals surface area contributed by atoms with Crippen LogP contribution in [0.25, 0.3) is 0 Å². The van der Waals surface area contributed by atoms with Gasteiger partial charge < -0.3 is 14.7 Å². The molecule has 58 valence electrons. The van der Waals surface area contributed by atoms with Gasteiger partial charge in [-0.3, -0.25) is 0 Å². The number of rotatable bonds is 1. The fourth-order valence-electron chi connectivity index (χ4n) is 0.978. The molecule has 0 bridgehead atoms. The SMILES string of the molecule is CN=C1OC(CO)CN1C. The van der Waals surface area contributed by atoms with Crippen LogP contribution in [0.15, 0.2) is 4.99 Å². The predicted molar refractivity (Wildman–Crippen MR) is 37.9 cm³/mol. The van der Waals surface area contributed by atoms with Crippen molar-refractivity contribution in [2.45, 2.75) is 6.10 Å². The lowest BCUT2D eigenvalue weighted by Gasteiger charge is -2.04. The molecule has 1 aliphatic rings. The van der Waals surface area contributed by atoms with Gasteiger partial charge in [0, 0.05) is 14.1 Å². The van der Waals surface area contributed by atoms with Crippen LogP contribution in [-0.4, -0.2) is 49.4 Å². The largest absolute Gasteiger partial charge is 0.458 e. The van der Waals surface area contributed by atoms with Crippen molar-refractivity contribution in [1.29, 1.82) is 0 Å². The Kier molecular flexibility index (Phi) is 2.11. The van der Waals surface area contributed by atoms with E-state index in [-0.39, 0.29) is 12.7 Å². The molecule has 0 saturated carbocycles. The molecule has 0 aromatic carbocycles. The average molecular weight is 144 g/mol. The van der Waals surface area contributed by atoms with Crippen molar-refractivity contribution in [3.8, 4) is 0 Å². The van der Waals surface area contributed by atoms with Crippen molar-refractivity contribution in [2.75, 3.05) is 27.2 Å². The summed E-state index contributed by atoms with van der Waals surface area (Å²) in [5, 5.41) is 8.69. The molecule has 10 heavy (non-hydrogen) atoms. The van der Waals surface area contributed by atoms with E-state index in [1.165, 1.54) is 0 Å². The van der Waals surface area contributed by atoms with E-state index in [4.69, 9.17) is 9.84 Å². The summed E-state index contributed by atoms with van der Waals surface area (Å²) in [5.74, 6) is 0. The van der Waals surface area contributed by atoms with Gasteiger partial charge in [-0.15, -0.1) is 0 Å². The second-order valence-corrected chi connectivity index (χ2v) is 2.31. The van der Waals surface area contributed by atoms with Crippen molar-refractivity contribution in [3.05, 3.63) is 0 Å². The molecular formula is C6H12N2O2. The number of ether oxygens (including phenoxy) is 1. The average Bonchev–Trinajstić information content (AvgIpc) is 2.30. The molecule has 0 radical (unpaired) electrons. The van der Waals surface area contributed by atoms with Gasteiger partial charge in [0.2, 0.25) is 0 Å². The summed E-state index contributed by atoms with van der Waals surface area (Å²) in [6.45, 7) is 0.784. The Morgan fingerprint density at radius 2 is 2.60 bits per heavy atom. The van der Waals surface area contributed by atoms with Crippen molar-refractivity contribution in [2.24, 2.45) is 4.99 Å². The van der Waals surface area contributed by atoms with E-state index < -0.39 is 0 Å². The van der Waals surface area contributed by atoms with E-state index in [0.717, 1.165) is 6.54 Å². The van der Waals surface area contributed by atoms with Gasteiger partial charge >= 0.3 is 0 Å². The van der Waals surface area contributed by atoms with Crippen LogP contribution in [0.2, 0.25) is 0 Å². The summed E-state index contributed by atoms with van der Waals surface area (Å²) in [6, 6.07) is 0.610. The summed E-state index contributed by atoms with van der Waals surface area (Å²) in [5.41, 5.74) is 0. The minimum absolute atomic E-state index is 0.0589. The van der Waals surface area contributed by atoms with Crippen molar-refractivity contribution in [1.82, 2.24) is 4.90 Å². The van der Waals surface area contributed by atoms with Gasteiger partial charge in [-0.1, -0.05) is 0 Å². The van der Waals surface area contributed by atoms with Gasteiger partial charge in [0.1, 0.15) is 6.10 Å². The molecular weight excluding hydrogens is 132 g/mol. The third-order valence-corrected chi connectivity index (χ3v) is 1.47. The maximum absolute atomic E-state index is 8.69. The summed E-state index contributed by atoms with van der Waals surface area (Å²) in [4.78, 5) is 5.75. The lowest BCUT2D eigenvalue weighted by atomic mass is 10.4. The van der Waals surface area contributed by atoms with Gasteiger partial charge in [-0.05, 0) is 0 Å². The summed E-state index contributed by atoms with van der Waals surface area (Å²) in [7, 11) is 3.56. The summed E-state index contributed by atoms with van der Waals surface area (Å²) >= 11 is 0. The number of aliphatic imine (C=N–C) groups is 1. The standard InChI is InChI=1S/C6H12N2O2/c1-7-6-8(2)3-5(4-9)10-6/h5,9H,3-4H2,1-2H3. The molecule has 4 nitrogen and oxygen atoms in total. The first-order valence-electron chi connectivity index (χ1n) is 3.23. The quantitative estimate of drug-likeness (QED) is 0.529. The van der Waals surface area contributed by atoms with Crippen LogP contribution in [0.3, 0.4) is 0 Å². The molecule has 1 heterocycles. The Balaban J connectivity index is 2.52. The van der Waals surface area contributed by atoms with Crippen molar-refractivity contribution < 1.29 is 9.84 Å². The molecule has 1 rings (SSSR count). The molecule has 1 N–H and O–H groups in total. The van der Waals surface area contributed by atoms with Crippen LogP contribution >= 0.6 is 0 Å². The normalized spacial score (nSPS) is 29.3. The molecule has 0 aromatic rings. The smallest absolute Gasteiger partial charge is 0.287 e. The highest BCUT2D eigenvalue weighted by Gasteiger charge is 2.24. The Labute approximate surface area is 60.1 Å². The minimum atomic E-state index is -0.0938. The Morgan fingerprint density at radius 1 is 1.90 bits per heavy atom. The van der Waals surface area contributed by atoms with Gasteiger partial charge in [0.15, 0.2) is 0 Å². The van der Waals surface area contributed by atoms with E-state index in [2.05, 4.69) is 4.99 Å². The third kappa shape index (κ3) is 1.21. The number of hydrogen-bond donors (Lipinski definition) is 1. The lowest BCUT2D eigenvalue weighted by molar-refractivity contribution is 0.132. The second kappa shape index (κ2) is 2.88. The molecule has 4 heteroatoms. The fourth-order valence-corrected chi connectivity index (χ4v) is 0.978. The van der Waals surface area contributed by atoms with Crippen LogP contribution in [0.1, 0.15) is 0 Å². The molecule has 0 amide bonds. The van der Waals surface area contributed by atoms with Gasteiger partial charge in [0.25, 0.3) is 6.02 Å². The van der Waals surface area contributed by atoms with Crippen LogP contribution in [0.5, 0.6) is 0 Å². The number of aliphatic hydroxyl groups excluding tert-OH is 1. The number of hydrogen-bond acceptors (Lipinski definition) is 3. The van der Waals surface area contributed by atoms with Gasteiger partial charge in [0.05, 0.1) is 13.2 Å². The lowest BCUT2D eigenvalue weighted by Crippen LogP contribution is -2.21. The molecule has 1 unspecified atom stereocenters. The Morgan fingerprint density at radius 3 is 2.90 bits per heavy atom. The van der Waals surface area contributed by atoms with Crippen LogP contribution in [0.4, 0.5) is 0 Å². The van der Waals surface area contributed by atoms with Crippen molar-refractivity contribution in [3.63, 3.8) is 0 Å². The number of amidine groups is 1. The topological polar surface area (TPSA) is 45.1 Å². The fraction of sp³-hybridized carbons (Fsp3) is 0.833. The highest BCUT2D eigenvalue weighted by Crippen LogP contribution is 2.07. The summed E-state index contributed by atoms with van der Waals surface area (Å²) in [6.07, 6.45) is -0.0938. The monoisotopic (exact) mass is 144 g/mol. The zero-order valence-corrected chi connectivity index (χ0v) is 6.24. The molecule has 1 fully saturated rings. The molecule has 1 aliphatic heterocycles. The maximum atomic E-state index is 8.69. The zero-order chi connectivity index (χ0) is 7.56. The zero-order valence-electron chi connectivity index (χ0n) is 6.24. The minimum Gasteiger partial charge on any atom is -0.458 e. The van der Waals surface area contributed by atoms with Gasteiger partial charge in [-0.25, -0.2) is 4.99 Å². The number of aliphatic hydroxyl groups is 1. The van der Waals surface area contributed by atoms with E-state index >= 15 is 0 Å². The highest BCUT2D eigenvalue weighted by molar-refractivity contribution is 5.75. The first-order valence-corrected chi connectivity index (χ1v) is 3.23. The van der Waals surface area contributed by atoms with E-state index in [1.54, 1.807) is 7.05 Å². The first-order chi connectivity index (χ1) is 4.77. The predicted octanol–water partition coefficient (Wildman–Crippen LogP) is -0.705. The molecule has 0 spiro atoms. The van der Waals surface area contributed by atoms with Crippen LogP contribution in [0, 0.1) is 0 Å². The Hall–Kier alpha value is -0.770. The van der Waals surface area contributed by atoms with Crippen LogP contribution in [-0.2, 0) is 4.74 Å². The van der Waals surface area contributed by atoms with E-state index in [0.29, 0.717) is 6.02 Å². The number of nitrogens with zero attached hydrogens (tertiary/aromatic N) is 2. The molecule has 0 aliphatic carbocycles. The van der Waals surface area contributed by atoms with E-state index in [9.17, 15) is 0 Å².